The van der Waals surface area contributed by atoms with Crippen molar-refractivity contribution in [1.29, 1.82) is 5.26 Å². The highest BCUT2D eigenvalue weighted by atomic mass is 19.1. The summed E-state index contributed by atoms with van der Waals surface area (Å²) in [6, 6.07) is 5.63. The van der Waals surface area contributed by atoms with E-state index in [9.17, 15) is 14.0 Å². The van der Waals surface area contributed by atoms with Crippen LogP contribution in [0.2, 0.25) is 0 Å². The molecule has 0 aliphatic carbocycles. The van der Waals surface area contributed by atoms with Gasteiger partial charge in [0.15, 0.2) is 0 Å². The Hall–Kier alpha value is -2.42. The molecule has 1 N–H and O–H groups in total. The number of hydrogen-bond acceptors (Lipinski definition) is 4. The lowest BCUT2D eigenvalue weighted by molar-refractivity contribution is -0.155. The number of halogens is 1. The number of nitriles is 1. The van der Waals surface area contributed by atoms with Gasteiger partial charge < -0.3 is 10.1 Å². The van der Waals surface area contributed by atoms with E-state index in [0.717, 1.165) is 6.07 Å². The van der Waals surface area contributed by atoms with E-state index in [4.69, 9.17) is 10.00 Å². The number of carbonyl (C=O) groups excluding carboxylic acids is 2. The lowest BCUT2D eigenvalue weighted by Gasteiger charge is -2.19. The lowest BCUT2D eigenvalue weighted by Crippen LogP contribution is -2.24. The molecule has 1 aromatic rings. The van der Waals surface area contributed by atoms with Crippen molar-refractivity contribution in [3.05, 3.63) is 29.6 Å². The molecule has 0 aliphatic rings. The summed E-state index contributed by atoms with van der Waals surface area (Å²) in [5, 5.41) is 11.3. The van der Waals surface area contributed by atoms with Crippen LogP contribution in [0.25, 0.3) is 0 Å². The monoisotopic (exact) mass is 292 g/mol. The number of ether oxygens (including phenoxy) is 1. The van der Waals surface area contributed by atoms with Gasteiger partial charge in [0, 0.05) is 6.42 Å². The number of rotatable bonds is 4. The van der Waals surface area contributed by atoms with Crippen molar-refractivity contribution >= 4 is 17.6 Å². The average Bonchev–Trinajstić information content (AvgIpc) is 2.35. The number of esters is 1. The van der Waals surface area contributed by atoms with Crippen molar-refractivity contribution in [2.75, 3.05) is 5.32 Å². The predicted octanol–water partition coefficient (Wildman–Crippen LogP) is 2.76. The number of nitrogens with one attached hydrogen (secondary N) is 1. The number of carbonyl (C=O) groups is 2. The number of benzene rings is 1. The highest BCUT2D eigenvalue weighted by Gasteiger charge is 2.17. The van der Waals surface area contributed by atoms with E-state index in [1.807, 2.05) is 0 Å². The van der Waals surface area contributed by atoms with Crippen molar-refractivity contribution in [3.63, 3.8) is 0 Å². The molecule has 0 bridgehead atoms. The molecule has 0 saturated heterocycles. The zero-order valence-electron chi connectivity index (χ0n) is 12.2. The first kappa shape index (κ1) is 16.6. The molecule has 21 heavy (non-hydrogen) atoms. The van der Waals surface area contributed by atoms with Crippen molar-refractivity contribution in [3.8, 4) is 6.07 Å². The van der Waals surface area contributed by atoms with Gasteiger partial charge in [-0.05, 0) is 32.9 Å². The number of anilines is 1. The quantitative estimate of drug-likeness (QED) is 0.865. The molecule has 0 heterocycles. The van der Waals surface area contributed by atoms with Crippen LogP contribution in [-0.2, 0) is 14.3 Å². The van der Waals surface area contributed by atoms with Crippen molar-refractivity contribution < 1.29 is 18.7 Å². The highest BCUT2D eigenvalue weighted by molar-refractivity contribution is 5.93. The summed E-state index contributed by atoms with van der Waals surface area (Å²) in [5.74, 6) is -1.68. The number of amides is 1. The summed E-state index contributed by atoms with van der Waals surface area (Å²) < 4.78 is 18.4. The number of nitrogens with zero attached hydrogens (tertiary/aromatic N) is 1. The molecule has 0 spiro atoms. The van der Waals surface area contributed by atoms with Gasteiger partial charge in [0.25, 0.3) is 0 Å². The molecule has 0 saturated carbocycles. The van der Waals surface area contributed by atoms with Gasteiger partial charge >= 0.3 is 5.97 Å². The van der Waals surface area contributed by atoms with Crippen LogP contribution in [0.15, 0.2) is 18.2 Å². The molecular formula is C15H17FN2O3. The van der Waals surface area contributed by atoms with Crippen molar-refractivity contribution in [2.24, 2.45) is 0 Å². The van der Waals surface area contributed by atoms with Crippen LogP contribution < -0.4 is 5.32 Å². The Morgan fingerprint density at radius 1 is 1.33 bits per heavy atom. The van der Waals surface area contributed by atoms with E-state index >= 15 is 0 Å². The molecular weight excluding hydrogens is 275 g/mol. The minimum atomic E-state index is -0.706. The first-order valence-electron chi connectivity index (χ1n) is 6.43. The Morgan fingerprint density at radius 2 is 2.00 bits per heavy atom. The zero-order chi connectivity index (χ0) is 16.0. The molecule has 1 amide bonds. The van der Waals surface area contributed by atoms with Crippen molar-refractivity contribution in [2.45, 2.75) is 39.2 Å². The molecule has 0 aliphatic heterocycles. The van der Waals surface area contributed by atoms with Gasteiger partial charge in [0.05, 0.1) is 12.1 Å². The summed E-state index contributed by atoms with van der Waals surface area (Å²) in [6.07, 6.45) is -0.184. The number of hydrogen-bond donors (Lipinski definition) is 1. The summed E-state index contributed by atoms with van der Waals surface area (Å²) >= 11 is 0. The van der Waals surface area contributed by atoms with Crippen LogP contribution in [0.5, 0.6) is 0 Å². The van der Waals surface area contributed by atoms with E-state index in [-0.39, 0.29) is 24.1 Å². The fourth-order valence-electron chi connectivity index (χ4n) is 1.56. The maximum absolute atomic E-state index is 13.4. The van der Waals surface area contributed by atoms with E-state index in [1.165, 1.54) is 12.1 Å². The van der Waals surface area contributed by atoms with Gasteiger partial charge in [-0.1, -0.05) is 6.07 Å². The maximum Gasteiger partial charge on any atom is 0.306 e. The molecule has 112 valence electrons. The molecule has 6 heteroatoms. The molecule has 1 rings (SSSR count). The highest BCUT2D eigenvalue weighted by Crippen LogP contribution is 2.18. The smallest absolute Gasteiger partial charge is 0.306 e. The Morgan fingerprint density at radius 3 is 2.57 bits per heavy atom. The second-order valence-corrected chi connectivity index (χ2v) is 5.41. The largest absolute Gasteiger partial charge is 0.460 e. The predicted molar refractivity (Wildman–Crippen MR) is 74.8 cm³/mol. The van der Waals surface area contributed by atoms with Crippen LogP contribution in [0.3, 0.4) is 0 Å². The van der Waals surface area contributed by atoms with E-state index in [1.54, 1.807) is 26.8 Å². The van der Waals surface area contributed by atoms with Crippen LogP contribution in [0.4, 0.5) is 10.1 Å². The summed E-state index contributed by atoms with van der Waals surface area (Å²) in [7, 11) is 0. The summed E-state index contributed by atoms with van der Waals surface area (Å²) in [6.45, 7) is 5.20. The van der Waals surface area contributed by atoms with Gasteiger partial charge in [0.2, 0.25) is 5.91 Å². The molecule has 0 fully saturated rings. The van der Waals surface area contributed by atoms with Crippen LogP contribution >= 0.6 is 0 Å². The first-order valence-corrected chi connectivity index (χ1v) is 6.43. The third kappa shape index (κ3) is 5.61. The molecule has 0 unspecified atom stereocenters. The van der Waals surface area contributed by atoms with Gasteiger partial charge in [-0.3, -0.25) is 9.59 Å². The SMILES string of the molecule is CC(C)(C)OC(=O)CCC(=O)Nc1cccc(F)c1C#N. The third-order valence-corrected chi connectivity index (χ3v) is 2.38. The topological polar surface area (TPSA) is 79.2 Å². The summed E-state index contributed by atoms with van der Waals surface area (Å²) in [5.41, 5.74) is -0.751. The molecule has 1 aromatic carbocycles. The fraction of sp³-hybridized carbons (Fsp3) is 0.400. The molecule has 0 aromatic heterocycles. The third-order valence-electron chi connectivity index (χ3n) is 2.38. The van der Waals surface area contributed by atoms with Crippen LogP contribution in [-0.4, -0.2) is 17.5 Å². The fourth-order valence-corrected chi connectivity index (χ4v) is 1.56. The minimum Gasteiger partial charge on any atom is -0.460 e. The normalized spacial score (nSPS) is 10.6. The van der Waals surface area contributed by atoms with Crippen LogP contribution in [0.1, 0.15) is 39.2 Å². The first-order chi connectivity index (χ1) is 9.73. The van der Waals surface area contributed by atoms with E-state index < -0.39 is 23.3 Å². The lowest BCUT2D eigenvalue weighted by atomic mass is 10.1. The Bertz CT molecular complexity index is 586. The van der Waals surface area contributed by atoms with E-state index in [0.29, 0.717) is 0 Å². The standard InChI is InChI=1S/C15H17FN2O3/c1-15(2,3)21-14(20)8-7-13(19)18-12-6-4-5-11(16)10(12)9-17/h4-6H,7-8H2,1-3H3,(H,18,19). The maximum atomic E-state index is 13.4. The van der Waals surface area contributed by atoms with Crippen LogP contribution in [0, 0.1) is 17.1 Å². The average molecular weight is 292 g/mol. The molecule has 0 radical (unpaired) electrons. The Balaban J connectivity index is 2.58. The van der Waals surface area contributed by atoms with Gasteiger partial charge in [0.1, 0.15) is 23.1 Å². The van der Waals surface area contributed by atoms with Gasteiger partial charge in [-0.25, -0.2) is 4.39 Å². The second kappa shape index (κ2) is 6.84. The van der Waals surface area contributed by atoms with Crippen molar-refractivity contribution in [1.82, 2.24) is 0 Å². The minimum absolute atomic E-state index is 0.0830. The summed E-state index contributed by atoms with van der Waals surface area (Å²) in [4.78, 5) is 23.2. The Labute approximate surface area is 122 Å². The van der Waals surface area contributed by atoms with Gasteiger partial charge in [-0.2, -0.15) is 5.26 Å². The zero-order valence-corrected chi connectivity index (χ0v) is 12.2. The molecule has 0 atom stereocenters. The second-order valence-electron chi connectivity index (χ2n) is 5.41. The van der Waals surface area contributed by atoms with E-state index in [2.05, 4.69) is 5.32 Å². The molecule has 5 nitrogen and oxygen atoms in total. The Kier molecular flexibility index (Phi) is 5.42. The van der Waals surface area contributed by atoms with Gasteiger partial charge in [-0.15, -0.1) is 0 Å².